The Morgan fingerprint density at radius 3 is 2.85 bits per heavy atom. The van der Waals surface area contributed by atoms with Crippen LogP contribution in [0.2, 0.25) is 5.02 Å². The standard InChI is InChI=1S/C14H13ClN2O2S/c1-19-14(18)11-12(17-13(20-11)8-6-7-8)16-10-5-3-2-4-9(10)15/h2-5,8,16H,6-7H2,1H3. The smallest absolute Gasteiger partial charge is 0.351 e. The highest BCUT2D eigenvalue weighted by molar-refractivity contribution is 7.14. The van der Waals surface area contributed by atoms with Crippen LogP contribution in [0.5, 0.6) is 0 Å². The Labute approximate surface area is 125 Å². The van der Waals surface area contributed by atoms with Gasteiger partial charge in [-0.05, 0) is 25.0 Å². The number of ether oxygens (including phenoxy) is 1. The van der Waals surface area contributed by atoms with Crippen LogP contribution in [0.25, 0.3) is 0 Å². The van der Waals surface area contributed by atoms with Crippen LogP contribution in [0.1, 0.15) is 33.4 Å². The molecule has 1 aliphatic rings. The molecule has 1 aromatic heterocycles. The number of benzene rings is 1. The zero-order valence-corrected chi connectivity index (χ0v) is 12.4. The van der Waals surface area contributed by atoms with Gasteiger partial charge in [-0.3, -0.25) is 0 Å². The molecule has 1 saturated carbocycles. The van der Waals surface area contributed by atoms with E-state index in [0.29, 0.717) is 21.6 Å². The Morgan fingerprint density at radius 2 is 2.20 bits per heavy atom. The van der Waals surface area contributed by atoms with E-state index >= 15 is 0 Å². The van der Waals surface area contributed by atoms with Crippen LogP contribution in [0.4, 0.5) is 11.5 Å². The number of hydrogen-bond acceptors (Lipinski definition) is 5. The summed E-state index contributed by atoms with van der Waals surface area (Å²) in [7, 11) is 1.37. The number of anilines is 2. The lowest BCUT2D eigenvalue weighted by Gasteiger charge is -2.06. The van der Waals surface area contributed by atoms with Crippen LogP contribution in [0.3, 0.4) is 0 Å². The first-order valence-electron chi connectivity index (χ1n) is 6.29. The van der Waals surface area contributed by atoms with Crippen molar-refractivity contribution in [3.8, 4) is 0 Å². The topological polar surface area (TPSA) is 51.2 Å². The van der Waals surface area contributed by atoms with Crippen molar-refractivity contribution >= 4 is 40.4 Å². The molecule has 2 aromatic rings. The lowest BCUT2D eigenvalue weighted by atomic mass is 10.3. The molecule has 20 heavy (non-hydrogen) atoms. The van der Waals surface area contributed by atoms with Crippen LogP contribution < -0.4 is 5.32 Å². The van der Waals surface area contributed by atoms with Gasteiger partial charge in [0.1, 0.15) is 0 Å². The average Bonchev–Trinajstić information content (AvgIpc) is 3.22. The van der Waals surface area contributed by atoms with Gasteiger partial charge in [0, 0.05) is 5.92 Å². The Bertz CT molecular complexity index is 652. The van der Waals surface area contributed by atoms with Crippen molar-refractivity contribution in [3.63, 3.8) is 0 Å². The Morgan fingerprint density at radius 1 is 1.45 bits per heavy atom. The van der Waals surface area contributed by atoms with Gasteiger partial charge in [0.2, 0.25) is 0 Å². The first-order chi connectivity index (χ1) is 9.69. The van der Waals surface area contributed by atoms with Crippen LogP contribution >= 0.6 is 22.9 Å². The van der Waals surface area contributed by atoms with Gasteiger partial charge < -0.3 is 10.1 Å². The first kappa shape index (κ1) is 13.4. The Kier molecular flexibility index (Phi) is 3.63. The maximum Gasteiger partial charge on any atom is 0.351 e. The van der Waals surface area contributed by atoms with E-state index < -0.39 is 0 Å². The second kappa shape index (κ2) is 5.42. The zero-order valence-electron chi connectivity index (χ0n) is 10.9. The lowest BCUT2D eigenvalue weighted by Crippen LogP contribution is -2.03. The van der Waals surface area contributed by atoms with Crippen LogP contribution in [0, 0.1) is 0 Å². The van der Waals surface area contributed by atoms with Crippen LogP contribution in [-0.4, -0.2) is 18.1 Å². The summed E-state index contributed by atoms with van der Waals surface area (Å²) >= 11 is 7.52. The number of thiazole rings is 1. The fourth-order valence-corrected chi connectivity index (χ4v) is 3.14. The molecule has 3 rings (SSSR count). The SMILES string of the molecule is COC(=O)c1sc(C2CC2)nc1Nc1ccccc1Cl. The average molecular weight is 309 g/mol. The molecule has 0 radical (unpaired) electrons. The van der Waals surface area contributed by atoms with Crippen LogP contribution in [-0.2, 0) is 4.74 Å². The number of carbonyl (C=O) groups is 1. The predicted molar refractivity (Wildman–Crippen MR) is 80.2 cm³/mol. The molecule has 4 nitrogen and oxygen atoms in total. The summed E-state index contributed by atoms with van der Waals surface area (Å²) in [5.74, 6) is 0.644. The third-order valence-corrected chi connectivity index (χ3v) is 4.60. The molecule has 1 aliphatic carbocycles. The number of methoxy groups -OCH3 is 1. The van der Waals surface area contributed by atoms with E-state index in [-0.39, 0.29) is 5.97 Å². The minimum atomic E-state index is -0.371. The number of hydrogen-bond donors (Lipinski definition) is 1. The maximum absolute atomic E-state index is 11.8. The van der Waals surface area contributed by atoms with Crippen molar-refractivity contribution in [1.82, 2.24) is 4.98 Å². The highest BCUT2D eigenvalue weighted by Gasteiger charge is 2.30. The number of aromatic nitrogens is 1. The van der Waals surface area contributed by atoms with E-state index in [4.69, 9.17) is 16.3 Å². The lowest BCUT2D eigenvalue weighted by molar-refractivity contribution is 0.0607. The fraction of sp³-hybridized carbons (Fsp3) is 0.286. The molecule has 0 spiro atoms. The summed E-state index contributed by atoms with van der Waals surface area (Å²) in [4.78, 5) is 16.9. The molecule has 0 amide bonds. The van der Waals surface area contributed by atoms with Gasteiger partial charge in [0.25, 0.3) is 0 Å². The second-order valence-corrected chi connectivity index (χ2v) is 6.04. The Hall–Kier alpha value is -1.59. The maximum atomic E-state index is 11.8. The van der Waals surface area contributed by atoms with E-state index in [1.165, 1.54) is 18.4 Å². The van der Waals surface area contributed by atoms with Crippen molar-refractivity contribution in [2.45, 2.75) is 18.8 Å². The number of nitrogens with one attached hydrogen (secondary N) is 1. The van der Waals surface area contributed by atoms with E-state index in [1.54, 1.807) is 6.07 Å². The summed E-state index contributed by atoms with van der Waals surface area (Å²) in [5.41, 5.74) is 0.729. The second-order valence-electron chi connectivity index (χ2n) is 4.60. The summed E-state index contributed by atoms with van der Waals surface area (Å²) in [6, 6.07) is 7.36. The van der Waals surface area contributed by atoms with Gasteiger partial charge >= 0.3 is 5.97 Å². The summed E-state index contributed by atoms with van der Waals surface area (Å²) in [6.07, 6.45) is 2.28. The van der Waals surface area contributed by atoms with Crippen molar-refractivity contribution in [3.05, 3.63) is 39.2 Å². The molecular weight excluding hydrogens is 296 g/mol. The predicted octanol–water partition coefficient (Wildman–Crippen LogP) is 4.20. The highest BCUT2D eigenvalue weighted by atomic mass is 35.5. The van der Waals surface area contributed by atoms with Crippen molar-refractivity contribution in [2.75, 3.05) is 12.4 Å². The van der Waals surface area contributed by atoms with E-state index in [2.05, 4.69) is 10.3 Å². The number of para-hydroxylation sites is 1. The zero-order chi connectivity index (χ0) is 14.1. The van der Waals surface area contributed by atoms with Crippen molar-refractivity contribution in [1.29, 1.82) is 0 Å². The monoisotopic (exact) mass is 308 g/mol. The Balaban J connectivity index is 1.95. The molecule has 1 heterocycles. The number of nitrogens with zero attached hydrogens (tertiary/aromatic N) is 1. The van der Waals surface area contributed by atoms with Crippen LogP contribution in [0.15, 0.2) is 24.3 Å². The molecule has 1 N–H and O–H groups in total. The summed E-state index contributed by atoms with van der Waals surface area (Å²) in [5, 5.41) is 4.70. The van der Waals surface area contributed by atoms with Gasteiger partial charge in [-0.2, -0.15) is 0 Å². The van der Waals surface area contributed by atoms with E-state index in [1.807, 2.05) is 18.2 Å². The number of rotatable bonds is 4. The molecule has 0 aliphatic heterocycles. The van der Waals surface area contributed by atoms with Gasteiger partial charge in [0.15, 0.2) is 10.7 Å². The molecule has 0 saturated heterocycles. The third kappa shape index (κ3) is 2.64. The molecule has 0 atom stereocenters. The summed E-state index contributed by atoms with van der Waals surface area (Å²) < 4.78 is 4.82. The number of carbonyl (C=O) groups excluding carboxylic acids is 1. The normalized spacial score (nSPS) is 14.1. The molecular formula is C14H13ClN2O2S. The van der Waals surface area contributed by atoms with Gasteiger partial charge in [-0.25, -0.2) is 9.78 Å². The van der Waals surface area contributed by atoms with Crippen molar-refractivity contribution < 1.29 is 9.53 Å². The van der Waals surface area contributed by atoms with Crippen molar-refractivity contribution in [2.24, 2.45) is 0 Å². The molecule has 0 unspecified atom stereocenters. The van der Waals surface area contributed by atoms with E-state index in [0.717, 1.165) is 23.5 Å². The van der Waals surface area contributed by atoms with Gasteiger partial charge in [0.05, 0.1) is 22.8 Å². The molecule has 104 valence electrons. The number of halogens is 1. The highest BCUT2D eigenvalue weighted by Crippen LogP contribution is 2.44. The van der Waals surface area contributed by atoms with E-state index in [9.17, 15) is 4.79 Å². The van der Waals surface area contributed by atoms with Gasteiger partial charge in [-0.1, -0.05) is 23.7 Å². The molecule has 0 bridgehead atoms. The molecule has 1 aromatic carbocycles. The quantitative estimate of drug-likeness (QED) is 0.860. The first-order valence-corrected chi connectivity index (χ1v) is 7.49. The minimum absolute atomic E-state index is 0.371. The third-order valence-electron chi connectivity index (χ3n) is 3.07. The minimum Gasteiger partial charge on any atom is -0.465 e. The van der Waals surface area contributed by atoms with Gasteiger partial charge in [-0.15, -0.1) is 11.3 Å². The largest absolute Gasteiger partial charge is 0.465 e. The molecule has 1 fully saturated rings. The molecule has 6 heteroatoms. The fourth-order valence-electron chi connectivity index (χ4n) is 1.85. The summed E-state index contributed by atoms with van der Waals surface area (Å²) in [6.45, 7) is 0. The number of esters is 1.